The molecular weight excluding hydrogens is 370 g/mol. The Morgan fingerprint density at radius 2 is 2.07 bits per heavy atom. The van der Waals surface area contributed by atoms with Gasteiger partial charge in [-0.25, -0.2) is 0 Å². The van der Waals surface area contributed by atoms with Crippen LogP contribution >= 0.6 is 11.8 Å². The highest BCUT2D eigenvalue weighted by atomic mass is 32.2. The van der Waals surface area contributed by atoms with E-state index in [1.807, 2.05) is 30.5 Å². The second kappa shape index (κ2) is 9.40. The number of likely N-dealkylation sites (N-methyl/N-ethyl adjacent to an activating group) is 1. The number of anilines is 1. The van der Waals surface area contributed by atoms with Crippen molar-refractivity contribution in [3.63, 3.8) is 0 Å². The molecule has 1 aliphatic heterocycles. The Hall–Kier alpha value is -2.55. The monoisotopic (exact) mass is 393 g/mol. The molecule has 0 aromatic heterocycles. The van der Waals surface area contributed by atoms with Gasteiger partial charge in [-0.05, 0) is 24.5 Å². The second-order valence-electron chi connectivity index (χ2n) is 6.28. The van der Waals surface area contributed by atoms with Crippen LogP contribution in [-0.2, 0) is 23.9 Å². The zero-order valence-corrected chi connectivity index (χ0v) is 16.4. The number of esters is 1. The fourth-order valence-electron chi connectivity index (χ4n) is 2.53. The van der Waals surface area contributed by atoms with Crippen LogP contribution in [-0.4, -0.2) is 68.6 Å². The molecule has 27 heavy (non-hydrogen) atoms. The fraction of sp³-hybridized carbons (Fsp3) is 0.444. The van der Waals surface area contributed by atoms with Gasteiger partial charge in [0.1, 0.15) is 0 Å². The van der Waals surface area contributed by atoms with Gasteiger partial charge in [-0.1, -0.05) is 6.07 Å². The van der Waals surface area contributed by atoms with Crippen LogP contribution in [0.1, 0.15) is 6.42 Å². The van der Waals surface area contributed by atoms with Crippen LogP contribution in [0.4, 0.5) is 5.69 Å². The van der Waals surface area contributed by atoms with Crippen LogP contribution in [0.5, 0.6) is 0 Å². The summed E-state index contributed by atoms with van der Waals surface area (Å²) in [5.41, 5.74) is 0.738. The van der Waals surface area contributed by atoms with Crippen LogP contribution in [0, 0.1) is 5.92 Å². The lowest BCUT2D eigenvalue weighted by Gasteiger charge is -2.17. The number of carbonyl (C=O) groups excluding carboxylic acids is 4. The standard InChI is InChI=1S/C18H23N3O5S/c1-20(2)17(24)9-19-15(22)11-26-18(25)12-7-16(23)21(10-12)13-5-4-6-14(8-13)27-3/h4-6,8,12H,7,9-11H2,1-3H3,(H,19,22)/t12-/m1/s1. The molecule has 1 aromatic rings. The summed E-state index contributed by atoms with van der Waals surface area (Å²) in [5, 5.41) is 2.38. The molecule has 1 atom stereocenters. The molecule has 1 aliphatic rings. The number of ether oxygens (including phenoxy) is 1. The van der Waals surface area contributed by atoms with E-state index in [2.05, 4.69) is 5.32 Å². The first-order chi connectivity index (χ1) is 12.8. The predicted octanol–water partition coefficient (Wildman–Crippen LogP) is 0.509. The van der Waals surface area contributed by atoms with Gasteiger partial charge in [0.05, 0.1) is 12.5 Å². The van der Waals surface area contributed by atoms with Gasteiger partial charge in [0.25, 0.3) is 5.91 Å². The summed E-state index contributed by atoms with van der Waals surface area (Å²) in [6.07, 6.45) is 1.99. The van der Waals surface area contributed by atoms with Crippen molar-refractivity contribution >= 4 is 41.1 Å². The van der Waals surface area contributed by atoms with Crippen LogP contribution in [0.2, 0.25) is 0 Å². The van der Waals surface area contributed by atoms with E-state index in [0.29, 0.717) is 0 Å². The smallest absolute Gasteiger partial charge is 0.311 e. The Balaban J connectivity index is 1.84. The molecule has 0 bridgehead atoms. The average molecular weight is 393 g/mol. The van der Waals surface area contributed by atoms with Crippen molar-refractivity contribution in [2.45, 2.75) is 11.3 Å². The normalized spacial score (nSPS) is 16.2. The van der Waals surface area contributed by atoms with Crippen LogP contribution in [0.15, 0.2) is 29.2 Å². The molecule has 0 spiro atoms. The number of nitrogens with one attached hydrogen (secondary N) is 1. The summed E-state index contributed by atoms with van der Waals surface area (Å²) in [6, 6.07) is 7.52. The van der Waals surface area contributed by atoms with Crippen LogP contribution in [0.25, 0.3) is 0 Å². The van der Waals surface area contributed by atoms with Crippen LogP contribution < -0.4 is 10.2 Å². The molecule has 1 saturated heterocycles. The molecule has 146 valence electrons. The Morgan fingerprint density at radius 3 is 2.74 bits per heavy atom. The summed E-state index contributed by atoms with van der Waals surface area (Å²) in [4.78, 5) is 51.4. The summed E-state index contributed by atoms with van der Waals surface area (Å²) >= 11 is 1.57. The Kier molecular flexibility index (Phi) is 7.23. The third-order valence-electron chi connectivity index (χ3n) is 4.10. The third-order valence-corrected chi connectivity index (χ3v) is 4.83. The van der Waals surface area contributed by atoms with E-state index in [0.717, 1.165) is 10.6 Å². The largest absolute Gasteiger partial charge is 0.455 e. The van der Waals surface area contributed by atoms with Gasteiger partial charge in [0.2, 0.25) is 11.8 Å². The highest BCUT2D eigenvalue weighted by Crippen LogP contribution is 2.28. The lowest BCUT2D eigenvalue weighted by molar-refractivity contribution is -0.152. The number of rotatable bonds is 7. The quantitative estimate of drug-likeness (QED) is 0.536. The van der Waals surface area contributed by atoms with E-state index >= 15 is 0 Å². The topological polar surface area (TPSA) is 96.0 Å². The Morgan fingerprint density at radius 1 is 1.33 bits per heavy atom. The van der Waals surface area contributed by atoms with Crippen molar-refractivity contribution in [1.29, 1.82) is 0 Å². The average Bonchev–Trinajstić information content (AvgIpc) is 3.05. The maximum absolute atomic E-state index is 12.3. The molecule has 1 N–H and O–H groups in total. The number of carbonyl (C=O) groups is 4. The summed E-state index contributed by atoms with van der Waals surface area (Å²) in [6.45, 7) is -0.423. The minimum absolute atomic E-state index is 0.0447. The van der Waals surface area contributed by atoms with E-state index < -0.39 is 24.4 Å². The summed E-state index contributed by atoms with van der Waals surface area (Å²) in [7, 11) is 3.15. The Labute approximate surface area is 162 Å². The summed E-state index contributed by atoms with van der Waals surface area (Å²) in [5.74, 6) is -2.20. The van der Waals surface area contributed by atoms with Gasteiger partial charge in [-0.3, -0.25) is 19.2 Å². The van der Waals surface area contributed by atoms with E-state index in [9.17, 15) is 19.2 Å². The minimum atomic E-state index is -0.619. The van der Waals surface area contributed by atoms with Crippen molar-refractivity contribution in [2.75, 3.05) is 44.9 Å². The minimum Gasteiger partial charge on any atom is -0.455 e. The number of hydrogen-bond donors (Lipinski definition) is 1. The van der Waals surface area contributed by atoms with Gasteiger partial charge in [0.15, 0.2) is 6.61 Å². The van der Waals surface area contributed by atoms with E-state index in [1.54, 1.807) is 30.8 Å². The molecule has 9 heteroatoms. The molecule has 2 rings (SSSR count). The fourth-order valence-corrected chi connectivity index (χ4v) is 2.98. The second-order valence-corrected chi connectivity index (χ2v) is 7.16. The number of amides is 3. The van der Waals surface area contributed by atoms with E-state index in [-0.39, 0.29) is 31.3 Å². The highest BCUT2D eigenvalue weighted by molar-refractivity contribution is 7.98. The van der Waals surface area contributed by atoms with Gasteiger partial charge < -0.3 is 19.9 Å². The predicted molar refractivity (Wildman–Crippen MR) is 101 cm³/mol. The lowest BCUT2D eigenvalue weighted by Crippen LogP contribution is -2.38. The summed E-state index contributed by atoms with van der Waals surface area (Å²) < 4.78 is 5.00. The molecule has 1 aromatic carbocycles. The Bertz CT molecular complexity index is 737. The van der Waals surface area contributed by atoms with Crippen molar-refractivity contribution in [3.8, 4) is 0 Å². The van der Waals surface area contributed by atoms with E-state index in [1.165, 1.54) is 4.90 Å². The zero-order valence-electron chi connectivity index (χ0n) is 15.6. The molecular formula is C18H23N3O5S. The molecule has 8 nitrogen and oxygen atoms in total. The van der Waals surface area contributed by atoms with Crippen LogP contribution in [0.3, 0.4) is 0 Å². The third kappa shape index (κ3) is 5.72. The molecule has 0 saturated carbocycles. The van der Waals surface area contributed by atoms with Gasteiger partial charge in [0, 0.05) is 37.6 Å². The molecule has 1 fully saturated rings. The number of nitrogens with zero attached hydrogens (tertiary/aromatic N) is 2. The molecule has 1 heterocycles. The first kappa shape index (κ1) is 20.8. The number of thioether (sulfide) groups is 1. The maximum atomic E-state index is 12.3. The van der Waals surface area contributed by atoms with Gasteiger partial charge >= 0.3 is 5.97 Å². The number of hydrogen-bond acceptors (Lipinski definition) is 6. The van der Waals surface area contributed by atoms with Crippen molar-refractivity contribution in [2.24, 2.45) is 5.92 Å². The van der Waals surface area contributed by atoms with E-state index in [4.69, 9.17) is 4.74 Å². The molecule has 0 aliphatic carbocycles. The maximum Gasteiger partial charge on any atom is 0.311 e. The number of benzene rings is 1. The molecule has 0 unspecified atom stereocenters. The first-order valence-corrected chi connectivity index (χ1v) is 9.62. The zero-order chi connectivity index (χ0) is 20.0. The van der Waals surface area contributed by atoms with Crippen molar-refractivity contribution in [1.82, 2.24) is 10.2 Å². The van der Waals surface area contributed by atoms with Gasteiger partial charge in [-0.2, -0.15) is 0 Å². The SMILES string of the molecule is CSc1cccc(N2C[C@H](C(=O)OCC(=O)NCC(=O)N(C)C)CC2=O)c1. The van der Waals surface area contributed by atoms with Gasteiger partial charge in [-0.15, -0.1) is 11.8 Å². The first-order valence-electron chi connectivity index (χ1n) is 8.39. The highest BCUT2D eigenvalue weighted by Gasteiger charge is 2.36. The lowest BCUT2D eigenvalue weighted by atomic mass is 10.1. The molecule has 3 amide bonds. The van der Waals surface area contributed by atoms with Crippen molar-refractivity contribution in [3.05, 3.63) is 24.3 Å². The van der Waals surface area contributed by atoms with Crippen molar-refractivity contribution < 1.29 is 23.9 Å². The molecule has 0 radical (unpaired) electrons.